The number of hydrogen-bond donors (Lipinski definition) is 0. The summed E-state index contributed by atoms with van der Waals surface area (Å²) in [5.74, 6) is 0. The van der Waals surface area contributed by atoms with Gasteiger partial charge in [0, 0.05) is 0 Å². The van der Waals surface area contributed by atoms with Gasteiger partial charge in [0.2, 0.25) is 0 Å². The molecule has 0 N–H and O–H groups in total. The molecular formula is C2HN2O2S. The molecule has 0 aromatic carbocycles. The van der Waals surface area contributed by atoms with E-state index in [0.717, 1.165) is 5.41 Å². The standard InChI is InChI=1S/C2HN2O2S/c5-7(6)2-1-3-4-7/h2H. The minimum Gasteiger partial charge on any atom is -0.198 e. The second kappa shape index (κ2) is 1.13. The summed E-state index contributed by atoms with van der Waals surface area (Å²) in [7, 11) is -3.32. The lowest BCUT2D eigenvalue weighted by molar-refractivity contribution is 0.605. The Kier molecular flexibility index (Phi) is 0.717. The van der Waals surface area contributed by atoms with Crippen LogP contribution in [0.5, 0.6) is 0 Å². The van der Waals surface area contributed by atoms with Crippen LogP contribution in [-0.4, -0.2) is 8.42 Å². The molecule has 0 bridgehead atoms. The number of nitrogens with zero attached hydrogens (tertiary/aromatic N) is 2. The van der Waals surface area contributed by atoms with Gasteiger partial charge in [-0.3, -0.25) is 0 Å². The van der Waals surface area contributed by atoms with E-state index < -0.39 is 10.0 Å². The normalized spacial score (nSPS) is 23.4. The van der Waals surface area contributed by atoms with Crippen LogP contribution in [0.1, 0.15) is 0 Å². The van der Waals surface area contributed by atoms with Crippen LogP contribution in [0.4, 0.5) is 0 Å². The maximum Gasteiger partial charge on any atom is 0.295 e. The summed E-state index contributed by atoms with van der Waals surface area (Å²) in [6.07, 6.45) is 2.06. The van der Waals surface area contributed by atoms with Crippen LogP contribution in [0.25, 0.3) is 0 Å². The molecule has 0 saturated carbocycles. The van der Waals surface area contributed by atoms with E-state index in [4.69, 9.17) is 0 Å². The van der Waals surface area contributed by atoms with E-state index in [1.165, 1.54) is 0 Å². The van der Waals surface area contributed by atoms with E-state index >= 15 is 0 Å². The van der Waals surface area contributed by atoms with Crippen molar-refractivity contribution in [1.29, 1.82) is 0 Å². The lowest BCUT2D eigenvalue weighted by Gasteiger charge is -1.69. The zero-order valence-corrected chi connectivity index (χ0v) is 4.01. The summed E-state index contributed by atoms with van der Waals surface area (Å²) in [5.41, 5.74) is 0. The van der Waals surface area contributed by atoms with Crippen molar-refractivity contribution in [3.05, 3.63) is 11.6 Å². The summed E-state index contributed by atoms with van der Waals surface area (Å²) < 4.78 is 22.9. The first-order valence-electron chi connectivity index (χ1n) is 1.46. The molecule has 0 spiro atoms. The van der Waals surface area contributed by atoms with Crippen molar-refractivity contribution in [2.24, 2.45) is 9.63 Å². The fraction of sp³-hybridized carbons (Fsp3) is 0. The molecule has 1 aliphatic heterocycles. The van der Waals surface area contributed by atoms with E-state index in [1.807, 2.05) is 0 Å². The smallest absolute Gasteiger partial charge is 0.198 e. The minimum absolute atomic E-state index is 0.812. The van der Waals surface area contributed by atoms with Crippen molar-refractivity contribution in [3.8, 4) is 0 Å². The Labute approximate surface area is 40.6 Å². The third-order valence-corrected chi connectivity index (χ3v) is 1.13. The SMILES string of the molecule is O=S1(=O)C=[C]N=N1. The highest BCUT2D eigenvalue weighted by Crippen LogP contribution is 2.01. The molecule has 0 fully saturated rings. The van der Waals surface area contributed by atoms with Gasteiger partial charge in [-0.2, -0.15) is 8.42 Å². The monoisotopic (exact) mass is 117 g/mol. The number of sulfonamides is 1. The highest BCUT2D eigenvalue weighted by atomic mass is 32.2. The summed E-state index contributed by atoms with van der Waals surface area (Å²) in [6, 6.07) is 0. The molecule has 0 aromatic heterocycles. The number of rotatable bonds is 0. The van der Waals surface area contributed by atoms with Gasteiger partial charge in [-0.1, -0.05) is 4.52 Å². The van der Waals surface area contributed by atoms with Crippen LogP contribution in [0.15, 0.2) is 15.0 Å². The molecule has 0 aliphatic carbocycles. The zero-order valence-electron chi connectivity index (χ0n) is 3.20. The predicted octanol–water partition coefficient (Wildman–Crippen LogP) is 0.0564. The Morgan fingerprint density at radius 1 is 1.57 bits per heavy atom. The first-order valence-corrected chi connectivity index (χ1v) is 2.97. The average Bonchev–Trinajstić information content (AvgIpc) is 1.84. The van der Waals surface area contributed by atoms with Crippen molar-refractivity contribution < 1.29 is 8.42 Å². The van der Waals surface area contributed by atoms with E-state index in [1.54, 1.807) is 0 Å². The largest absolute Gasteiger partial charge is 0.295 e. The van der Waals surface area contributed by atoms with E-state index in [-0.39, 0.29) is 0 Å². The average molecular weight is 117 g/mol. The zero-order chi connectivity index (χ0) is 5.33. The van der Waals surface area contributed by atoms with E-state index in [0.29, 0.717) is 0 Å². The van der Waals surface area contributed by atoms with Crippen molar-refractivity contribution in [2.75, 3.05) is 0 Å². The molecular weight excluding hydrogens is 116 g/mol. The van der Waals surface area contributed by atoms with Crippen molar-refractivity contribution in [1.82, 2.24) is 0 Å². The maximum absolute atomic E-state index is 10.1. The van der Waals surface area contributed by atoms with Crippen LogP contribution >= 0.6 is 0 Å². The lowest BCUT2D eigenvalue weighted by Crippen LogP contribution is -1.80. The summed E-state index contributed by atoms with van der Waals surface area (Å²) >= 11 is 0. The van der Waals surface area contributed by atoms with Gasteiger partial charge in [0.1, 0.15) is 6.20 Å². The Morgan fingerprint density at radius 2 is 2.29 bits per heavy atom. The third kappa shape index (κ3) is 0.833. The second-order valence-corrected chi connectivity index (χ2v) is 2.37. The Morgan fingerprint density at radius 3 is 2.43 bits per heavy atom. The fourth-order valence-electron chi connectivity index (χ4n) is 0.194. The first-order chi connectivity index (χ1) is 3.21. The molecule has 1 rings (SSSR count). The van der Waals surface area contributed by atoms with E-state index in [9.17, 15) is 8.42 Å². The van der Waals surface area contributed by atoms with Crippen molar-refractivity contribution in [2.45, 2.75) is 0 Å². The van der Waals surface area contributed by atoms with Gasteiger partial charge in [0.25, 0.3) is 10.0 Å². The van der Waals surface area contributed by atoms with Gasteiger partial charge in [0.05, 0.1) is 5.41 Å². The molecule has 5 heteroatoms. The lowest BCUT2D eigenvalue weighted by atomic mass is 11.1. The van der Waals surface area contributed by atoms with Gasteiger partial charge in [-0.05, 0) is 0 Å². The fourth-order valence-corrected chi connectivity index (χ4v) is 0.583. The molecule has 0 unspecified atom stereocenters. The molecule has 37 valence electrons. The van der Waals surface area contributed by atoms with Gasteiger partial charge in [-0.15, -0.1) is 5.11 Å². The molecule has 0 amide bonds. The molecule has 4 nitrogen and oxygen atoms in total. The Balaban J connectivity index is 3.25. The summed E-state index contributed by atoms with van der Waals surface area (Å²) in [5, 5.41) is 3.78. The highest BCUT2D eigenvalue weighted by Gasteiger charge is 2.04. The molecule has 0 atom stereocenters. The summed E-state index contributed by atoms with van der Waals surface area (Å²) in [6.45, 7) is 0. The van der Waals surface area contributed by atoms with Gasteiger partial charge >= 0.3 is 0 Å². The topological polar surface area (TPSA) is 58.9 Å². The quantitative estimate of drug-likeness (QED) is 0.450. The van der Waals surface area contributed by atoms with Crippen LogP contribution in [0.3, 0.4) is 0 Å². The first kappa shape index (κ1) is 4.45. The predicted molar refractivity (Wildman–Crippen MR) is 21.6 cm³/mol. The second-order valence-electron chi connectivity index (χ2n) is 0.944. The third-order valence-electron chi connectivity index (χ3n) is 0.414. The molecule has 1 aliphatic rings. The van der Waals surface area contributed by atoms with Gasteiger partial charge in [-0.25, -0.2) is 0 Å². The Hall–Kier alpha value is -0.710. The molecule has 0 aromatic rings. The van der Waals surface area contributed by atoms with Crippen molar-refractivity contribution >= 4 is 10.0 Å². The Bertz CT molecular complexity index is 194. The van der Waals surface area contributed by atoms with E-state index in [2.05, 4.69) is 15.8 Å². The molecule has 1 heterocycles. The van der Waals surface area contributed by atoms with Crippen LogP contribution in [-0.2, 0) is 10.0 Å². The van der Waals surface area contributed by atoms with Crippen LogP contribution in [0.2, 0.25) is 0 Å². The molecule has 0 saturated heterocycles. The minimum atomic E-state index is -3.32. The van der Waals surface area contributed by atoms with Gasteiger partial charge < -0.3 is 0 Å². The maximum atomic E-state index is 10.1. The van der Waals surface area contributed by atoms with Crippen molar-refractivity contribution in [3.63, 3.8) is 0 Å². The summed E-state index contributed by atoms with van der Waals surface area (Å²) in [4.78, 5) is 0. The number of hydrogen-bond acceptors (Lipinski definition) is 3. The van der Waals surface area contributed by atoms with Crippen LogP contribution in [0, 0.1) is 6.20 Å². The van der Waals surface area contributed by atoms with Crippen LogP contribution < -0.4 is 0 Å². The molecule has 7 heavy (non-hydrogen) atoms. The highest BCUT2D eigenvalue weighted by molar-refractivity contribution is 7.92. The molecule has 1 radical (unpaired) electrons. The van der Waals surface area contributed by atoms with Gasteiger partial charge in [0.15, 0.2) is 0 Å².